The number of carbonyl (C=O) groups excluding carboxylic acids is 4. The minimum atomic E-state index is -1.31. The van der Waals surface area contributed by atoms with Gasteiger partial charge in [0, 0.05) is 14.1 Å². The number of amides is 6. The van der Waals surface area contributed by atoms with E-state index in [0.29, 0.717) is 0 Å². The largest absolute Gasteiger partial charge is 0.365 e. The summed E-state index contributed by atoms with van der Waals surface area (Å²) >= 11 is 0. The molecule has 0 aromatic carbocycles. The number of imide groups is 2. The molecule has 0 radical (unpaired) electrons. The molecule has 2 heterocycles. The van der Waals surface area contributed by atoms with Crippen molar-refractivity contribution in [3.05, 3.63) is 0 Å². The molecule has 0 bridgehead atoms. The number of likely N-dealkylation sites (N-methyl/N-ethyl adjacent to an activating group) is 2. The first-order valence-corrected chi connectivity index (χ1v) is 4.77. The van der Waals surface area contributed by atoms with E-state index in [0.717, 1.165) is 9.80 Å². The Morgan fingerprint density at radius 1 is 0.833 bits per heavy atom. The average molecular weight is 260 g/mol. The van der Waals surface area contributed by atoms with Crippen LogP contribution in [0.3, 0.4) is 0 Å². The van der Waals surface area contributed by atoms with E-state index in [1.165, 1.54) is 14.1 Å². The van der Waals surface area contributed by atoms with Crippen LogP contribution in [-0.4, -0.2) is 70.4 Å². The van der Waals surface area contributed by atoms with E-state index in [9.17, 15) is 19.2 Å². The number of urea groups is 2. The SMILES string of the molecule is CN1C(=O)NC(=O)[C@@H]1O.CN1C(=O)NC(=O)[C@H]1O. The van der Waals surface area contributed by atoms with Crippen molar-refractivity contribution in [1.82, 2.24) is 20.4 Å². The Bertz CT molecular complexity index is 336. The number of rotatable bonds is 0. The van der Waals surface area contributed by atoms with E-state index >= 15 is 0 Å². The van der Waals surface area contributed by atoms with E-state index in [-0.39, 0.29) is 0 Å². The maximum Gasteiger partial charge on any atom is 0.326 e. The lowest BCUT2D eigenvalue weighted by Gasteiger charge is -2.07. The van der Waals surface area contributed by atoms with Crippen LogP contribution in [0.25, 0.3) is 0 Å². The third-order valence-electron chi connectivity index (χ3n) is 2.30. The van der Waals surface area contributed by atoms with Crippen molar-refractivity contribution in [1.29, 1.82) is 0 Å². The molecular weight excluding hydrogens is 248 g/mol. The number of aliphatic hydroxyl groups excluding tert-OH is 2. The normalized spacial score (nSPS) is 26.9. The van der Waals surface area contributed by atoms with E-state index in [1.54, 1.807) is 0 Å². The van der Waals surface area contributed by atoms with Gasteiger partial charge in [-0.1, -0.05) is 0 Å². The van der Waals surface area contributed by atoms with E-state index in [2.05, 4.69) is 0 Å². The lowest BCUT2D eigenvalue weighted by atomic mass is 10.5. The zero-order chi connectivity index (χ0) is 14.0. The second-order valence-electron chi connectivity index (χ2n) is 3.56. The first-order valence-electron chi connectivity index (χ1n) is 4.77. The van der Waals surface area contributed by atoms with Gasteiger partial charge < -0.3 is 10.2 Å². The topological polar surface area (TPSA) is 139 Å². The predicted molar refractivity (Wildman–Crippen MR) is 54.6 cm³/mol. The molecule has 10 nitrogen and oxygen atoms in total. The molecule has 2 atom stereocenters. The molecule has 0 aromatic rings. The molecule has 0 unspecified atom stereocenters. The molecule has 2 aliphatic rings. The van der Waals surface area contributed by atoms with Gasteiger partial charge in [-0.15, -0.1) is 0 Å². The van der Waals surface area contributed by atoms with Gasteiger partial charge in [0.2, 0.25) is 12.5 Å². The molecule has 0 saturated carbocycles. The first-order chi connectivity index (χ1) is 8.25. The standard InChI is InChI=1S/2C4H6N2O3/c2*1-6-3(8)2(7)5-4(6)9/h2*3,8H,1H3,(H,5,7,9)/t2*3-/m10/s1. The number of carbonyl (C=O) groups is 4. The molecule has 2 rings (SSSR count). The minimum absolute atomic E-state index is 0.562. The second-order valence-corrected chi connectivity index (χ2v) is 3.56. The third kappa shape index (κ3) is 2.55. The predicted octanol–water partition coefficient (Wildman–Crippen LogP) is -3.03. The van der Waals surface area contributed by atoms with E-state index in [4.69, 9.17) is 10.2 Å². The van der Waals surface area contributed by atoms with Gasteiger partial charge in [0.05, 0.1) is 0 Å². The summed E-state index contributed by atoms with van der Waals surface area (Å²) in [5, 5.41) is 21.3. The number of aliphatic hydroxyl groups is 2. The van der Waals surface area contributed by atoms with Crippen LogP contribution in [0.15, 0.2) is 0 Å². The van der Waals surface area contributed by atoms with E-state index < -0.39 is 36.3 Å². The molecule has 0 spiro atoms. The Hall–Kier alpha value is -2.20. The van der Waals surface area contributed by atoms with Gasteiger partial charge in [0.15, 0.2) is 0 Å². The van der Waals surface area contributed by atoms with Crippen LogP contribution < -0.4 is 10.6 Å². The summed E-state index contributed by atoms with van der Waals surface area (Å²) in [5.41, 5.74) is 0. The summed E-state index contributed by atoms with van der Waals surface area (Å²) in [7, 11) is 2.68. The van der Waals surface area contributed by atoms with Crippen LogP contribution in [0.4, 0.5) is 9.59 Å². The first kappa shape index (κ1) is 13.9. The minimum Gasteiger partial charge on any atom is -0.365 e. The molecule has 18 heavy (non-hydrogen) atoms. The smallest absolute Gasteiger partial charge is 0.326 e. The van der Waals surface area contributed by atoms with E-state index in [1.807, 2.05) is 10.6 Å². The molecule has 100 valence electrons. The van der Waals surface area contributed by atoms with Crippen molar-refractivity contribution in [2.45, 2.75) is 12.5 Å². The summed E-state index contributed by atoms with van der Waals surface area (Å²) in [5.74, 6) is -1.33. The number of nitrogens with zero attached hydrogens (tertiary/aromatic N) is 2. The summed E-state index contributed by atoms with van der Waals surface area (Å²) in [6.45, 7) is 0. The summed E-state index contributed by atoms with van der Waals surface area (Å²) < 4.78 is 0. The highest BCUT2D eigenvalue weighted by molar-refractivity contribution is 6.03. The van der Waals surface area contributed by atoms with Gasteiger partial charge in [-0.3, -0.25) is 30.0 Å². The number of hydrogen-bond acceptors (Lipinski definition) is 6. The van der Waals surface area contributed by atoms with Crippen LogP contribution in [0.5, 0.6) is 0 Å². The quantitative estimate of drug-likeness (QED) is 0.342. The summed E-state index contributed by atoms with van der Waals surface area (Å²) in [6.07, 6.45) is -2.62. The second kappa shape index (κ2) is 4.98. The highest BCUT2D eigenvalue weighted by Crippen LogP contribution is 2.00. The molecular formula is C8H12N4O6. The molecule has 2 saturated heterocycles. The molecule has 0 aromatic heterocycles. The summed E-state index contributed by atoms with van der Waals surface area (Å²) in [4.78, 5) is 43.4. The fourth-order valence-electron chi connectivity index (χ4n) is 1.09. The van der Waals surface area contributed by atoms with Crippen molar-refractivity contribution in [3.8, 4) is 0 Å². The van der Waals surface area contributed by atoms with Crippen molar-refractivity contribution < 1.29 is 29.4 Å². The molecule has 2 fully saturated rings. The monoisotopic (exact) mass is 260 g/mol. The van der Waals surface area contributed by atoms with Crippen molar-refractivity contribution in [3.63, 3.8) is 0 Å². The van der Waals surface area contributed by atoms with Crippen LogP contribution in [0.2, 0.25) is 0 Å². The van der Waals surface area contributed by atoms with Gasteiger partial charge in [-0.2, -0.15) is 0 Å². The highest BCUT2D eigenvalue weighted by Gasteiger charge is 2.34. The Morgan fingerprint density at radius 2 is 1.11 bits per heavy atom. The maximum absolute atomic E-state index is 10.4. The average Bonchev–Trinajstić information content (AvgIpc) is 2.66. The van der Waals surface area contributed by atoms with Gasteiger partial charge in [-0.25, -0.2) is 9.59 Å². The van der Waals surface area contributed by atoms with Crippen LogP contribution >= 0.6 is 0 Å². The Balaban J connectivity index is 0.000000180. The maximum atomic E-state index is 10.4. The zero-order valence-corrected chi connectivity index (χ0v) is 9.58. The van der Waals surface area contributed by atoms with Gasteiger partial charge in [0.25, 0.3) is 11.8 Å². The Morgan fingerprint density at radius 3 is 1.17 bits per heavy atom. The number of nitrogens with one attached hydrogen (secondary N) is 2. The number of hydrogen-bond donors (Lipinski definition) is 4. The molecule has 4 N–H and O–H groups in total. The van der Waals surface area contributed by atoms with Crippen LogP contribution in [0, 0.1) is 0 Å². The summed E-state index contributed by atoms with van der Waals surface area (Å²) in [6, 6.07) is -1.12. The van der Waals surface area contributed by atoms with Crippen LogP contribution in [0.1, 0.15) is 0 Å². The molecule has 2 aliphatic heterocycles. The lowest BCUT2D eigenvalue weighted by Crippen LogP contribution is -2.30. The molecule has 0 aliphatic carbocycles. The highest BCUT2D eigenvalue weighted by atomic mass is 16.3. The fraction of sp³-hybridized carbons (Fsp3) is 0.500. The van der Waals surface area contributed by atoms with Gasteiger partial charge in [-0.05, 0) is 0 Å². The zero-order valence-electron chi connectivity index (χ0n) is 9.58. The fourth-order valence-corrected chi connectivity index (χ4v) is 1.09. The van der Waals surface area contributed by atoms with Gasteiger partial charge >= 0.3 is 12.1 Å². The van der Waals surface area contributed by atoms with Crippen molar-refractivity contribution >= 4 is 23.9 Å². The third-order valence-corrected chi connectivity index (χ3v) is 2.30. The van der Waals surface area contributed by atoms with Crippen molar-refractivity contribution in [2.24, 2.45) is 0 Å². The Kier molecular flexibility index (Phi) is 3.83. The van der Waals surface area contributed by atoms with Crippen LogP contribution in [-0.2, 0) is 9.59 Å². The van der Waals surface area contributed by atoms with Crippen molar-refractivity contribution in [2.75, 3.05) is 14.1 Å². The lowest BCUT2D eigenvalue weighted by molar-refractivity contribution is -0.130. The molecule has 6 amide bonds. The van der Waals surface area contributed by atoms with Gasteiger partial charge in [0.1, 0.15) is 0 Å². The Labute approximate surface area is 101 Å². The molecule has 10 heteroatoms.